The molecule has 1 aromatic rings. The molecule has 0 amide bonds. The van der Waals surface area contributed by atoms with E-state index in [0.717, 1.165) is 17.6 Å². The van der Waals surface area contributed by atoms with Crippen LogP contribution in [-0.2, 0) is 9.53 Å². The highest BCUT2D eigenvalue weighted by Gasteiger charge is 2.32. The predicted octanol–water partition coefficient (Wildman–Crippen LogP) is 2.10. The van der Waals surface area contributed by atoms with Crippen molar-refractivity contribution in [3.8, 4) is 0 Å². The molecule has 1 N–H and O–H groups in total. The highest BCUT2D eigenvalue weighted by atomic mass is 79.9. The molecule has 110 valence electrons. The van der Waals surface area contributed by atoms with E-state index in [1.807, 2.05) is 4.90 Å². The van der Waals surface area contributed by atoms with Gasteiger partial charge in [-0.1, -0.05) is 15.9 Å². The molecule has 0 aromatic heterocycles. The Morgan fingerprint density at radius 1 is 1.50 bits per heavy atom. The fourth-order valence-corrected chi connectivity index (χ4v) is 2.74. The fourth-order valence-electron chi connectivity index (χ4n) is 2.36. The van der Waals surface area contributed by atoms with Gasteiger partial charge in [0.1, 0.15) is 11.9 Å². The third kappa shape index (κ3) is 3.56. The van der Waals surface area contributed by atoms with Gasteiger partial charge < -0.3 is 10.1 Å². The summed E-state index contributed by atoms with van der Waals surface area (Å²) in [6.07, 6.45) is 0. The van der Waals surface area contributed by atoms with Crippen molar-refractivity contribution < 1.29 is 13.9 Å². The minimum atomic E-state index is -0.686. The largest absolute Gasteiger partial charge is 0.465 e. The molecule has 0 bridgehead atoms. The van der Waals surface area contributed by atoms with Crippen molar-refractivity contribution in [1.82, 2.24) is 10.2 Å². The second-order valence-corrected chi connectivity index (χ2v) is 5.52. The molecule has 0 spiro atoms. The molecule has 1 saturated heterocycles. The third-order valence-corrected chi connectivity index (χ3v) is 3.77. The summed E-state index contributed by atoms with van der Waals surface area (Å²) >= 11 is 3.33. The molecule has 6 heteroatoms. The molecule has 0 saturated carbocycles. The summed E-state index contributed by atoms with van der Waals surface area (Å²) in [6, 6.07) is 3.96. The lowest BCUT2D eigenvalue weighted by Gasteiger charge is -2.33. The van der Waals surface area contributed by atoms with Gasteiger partial charge in [0.15, 0.2) is 0 Å². The van der Waals surface area contributed by atoms with E-state index in [-0.39, 0.29) is 12.4 Å². The lowest BCUT2D eigenvalue weighted by molar-refractivity contribution is -0.150. The lowest BCUT2D eigenvalue weighted by Crippen LogP contribution is -2.47. The third-order valence-electron chi connectivity index (χ3n) is 3.28. The molecule has 4 nitrogen and oxygen atoms in total. The average Bonchev–Trinajstić information content (AvgIpc) is 2.44. The molecular formula is C14H18BrFN2O2. The second-order valence-electron chi connectivity index (χ2n) is 4.61. The average molecular weight is 345 g/mol. The zero-order chi connectivity index (χ0) is 14.5. The number of benzene rings is 1. The smallest absolute Gasteiger partial charge is 0.328 e. The maximum absolute atomic E-state index is 14.1. The Kier molecular flexibility index (Phi) is 5.51. The van der Waals surface area contributed by atoms with Gasteiger partial charge in [-0.25, -0.2) is 9.18 Å². The summed E-state index contributed by atoms with van der Waals surface area (Å²) in [7, 11) is 0. The fraction of sp³-hybridized carbons (Fsp3) is 0.500. The van der Waals surface area contributed by atoms with Crippen LogP contribution in [0.4, 0.5) is 4.39 Å². The number of rotatable bonds is 4. The second kappa shape index (κ2) is 7.15. The standard InChI is InChI=1S/C14H18BrFN2O2/c1-2-20-14(19)13(18-7-5-17-6-8-18)11-9-10(15)3-4-12(11)16/h3-4,9,13,17H,2,5-8H2,1H3. The van der Waals surface area contributed by atoms with Crippen molar-refractivity contribution in [3.05, 3.63) is 34.1 Å². The van der Waals surface area contributed by atoms with Crippen LogP contribution in [-0.4, -0.2) is 43.7 Å². The van der Waals surface area contributed by atoms with Crippen LogP contribution >= 0.6 is 15.9 Å². The summed E-state index contributed by atoms with van der Waals surface area (Å²) in [6.45, 7) is 4.99. The van der Waals surface area contributed by atoms with Gasteiger partial charge in [0.25, 0.3) is 0 Å². The number of halogens is 2. The van der Waals surface area contributed by atoms with Gasteiger partial charge in [-0.05, 0) is 25.1 Å². The molecule has 2 rings (SSSR count). The summed E-state index contributed by atoms with van der Waals surface area (Å²) in [4.78, 5) is 14.2. The van der Waals surface area contributed by atoms with E-state index >= 15 is 0 Å². The Hall–Kier alpha value is -0.980. The van der Waals surface area contributed by atoms with E-state index in [4.69, 9.17) is 4.74 Å². The van der Waals surface area contributed by atoms with Gasteiger partial charge in [-0.15, -0.1) is 0 Å². The molecule has 0 radical (unpaired) electrons. The van der Waals surface area contributed by atoms with Crippen LogP contribution in [0.15, 0.2) is 22.7 Å². The van der Waals surface area contributed by atoms with E-state index in [0.29, 0.717) is 18.7 Å². The van der Waals surface area contributed by atoms with Crippen molar-refractivity contribution >= 4 is 21.9 Å². The van der Waals surface area contributed by atoms with Crippen molar-refractivity contribution in [1.29, 1.82) is 0 Å². The minimum absolute atomic E-state index is 0.289. The van der Waals surface area contributed by atoms with Gasteiger partial charge in [-0.3, -0.25) is 4.90 Å². The van der Waals surface area contributed by atoms with E-state index in [1.165, 1.54) is 6.07 Å². The molecule has 1 fully saturated rings. The summed E-state index contributed by atoms with van der Waals surface area (Å²) in [5.74, 6) is -0.781. The zero-order valence-corrected chi connectivity index (χ0v) is 13.0. The maximum Gasteiger partial charge on any atom is 0.328 e. The first-order chi connectivity index (χ1) is 9.63. The number of hydrogen-bond acceptors (Lipinski definition) is 4. The Labute approximate surface area is 126 Å². The summed E-state index contributed by atoms with van der Waals surface area (Å²) in [5.41, 5.74) is 0.361. The quantitative estimate of drug-likeness (QED) is 0.849. The van der Waals surface area contributed by atoms with Gasteiger partial charge in [-0.2, -0.15) is 0 Å². The predicted molar refractivity (Wildman–Crippen MR) is 77.9 cm³/mol. The van der Waals surface area contributed by atoms with Crippen LogP contribution < -0.4 is 5.32 Å². The van der Waals surface area contributed by atoms with Crippen molar-refractivity contribution in [2.24, 2.45) is 0 Å². The topological polar surface area (TPSA) is 41.6 Å². The van der Waals surface area contributed by atoms with Gasteiger partial charge in [0, 0.05) is 36.2 Å². The Morgan fingerprint density at radius 2 is 2.20 bits per heavy atom. The van der Waals surface area contributed by atoms with E-state index in [9.17, 15) is 9.18 Å². The number of nitrogens with zero attached hydrogens (tertiary/aromatic N) is 1. The van der Waals surface area contributed by atoms with Crippen LogP contribution in [0.2, 0.25) is 0 Å². The normalized spacial score (nSPS) is 17.8. The highest BCUT2D eigenvalue weighted by Crippen LogP contribution is 2.28. The Bertz CT molecular complexity index is 478. The SMILES string of the molecule is CCOC(=O)C(c1cc(Br)ccc1F)N1CCNCC1. The van der Waals surface area contributed by atoms with E-state index in [2.05, 4.69) is 21.2 Å². The van der Waals surface area contributed by atoms with Crippen LogP contribution in [0.5, 0.6) is 0 Å². The van der Waals surface area contributed by atoms with Crippen LogP contribution in [0.1, 0.15) is 18.5 Å². The van der Waals surface area contributed by atoms with Gasteiger partial charge >= 0.3 is 5.97 Å². The summed E-state index contributed by atoms with van der Waals surface area (Å²) < 4.78 is 20.0. The number of piperazine rings is 1. The Morgan fingerprint density at radius 3 is 2.85 bits per heavy atom. The van der Waals surface area contributed by atoms with Gasteiger partial charge in [0.05, 0.1) is 6.61 Å². The number of carbonyl (C=O) groups excluding carboxylic acids is 1. The minimum Gasteiger partial charge on any atom is -0.465 e. The van der Waals surface area contributed by atoms with Crippen molar-refractivity contribution in [3.63, 3.8) is 0 Å². The molecule has 1 heterocycles. The van der Waals surface area contributed by atoms with E-state index < -0.39 is 12.0 Å². The van der Waals surface area contributed by atoms with Gasteiger partial charge in [0.2, 0.25) is 0 Å². The number of esters is 1. The van der Waals surface area contributed by atoms with Crippen molar-refractivity contribution in [2.45, 2.75) is 13.0 Å². The molecule has 0 aliphatic carbocycles. The molecule has 1 aliphatic rings. The highest BCUT2D eigenvalue weighted by molar-refractivity contribution is 9.10. The lowest BCUT2D eigenvalue weighted by atomic mass is 10.0. The first-order valence-electron chi connectivity index (χ1n) is 6.70. The molecular weight excluding hydrogens is 327 g/mol. The number of ether oxygens (including phenoxy) is 1. The zero-order valence-electron chi connectivity index (χ0n) is 11.4. The van der Waals surface area contributed by atoms with Crippen LogP contribution in [0.3, 0.4) is 0 Å². The number of hydrogen-bond donors (Lipinski definition) is 1. The first kappa shape index (κ1) is 15.4. The van der Waals surface area contributed by atoms with Crippen molar-refractivity contribution in [2.75, 3.05) is 32.8 Å². The Balaban J connectivity index is 2.34. The maximum atomic E-state index is 14.1. The monoisotopic (exact) mass is 344 g/mol. The molecule has 1 unspecified atom stereocenters. The number of carbonyl (C=O) groups is 1. The molecule has 1 atom stereocenters. The van der Waals surface area contributed by atoms with Crippen LogP contribution in [0.25, 0.3) is 0 Å². The van der Waals surface area contributed by atoms with E-state index in [1.54, 1.807) is 19.1 Å². The molecule has 20 heavy (non-hydrogen) atoms. The molecule has 1 aliphatic heterocycles. The first-order valence-corrected chi connectivity index (χ1v) is 7.49. The summed E-state index contributed by atoms with van der Waals surface area (Å²) in [5, 5.41) is 3.22. The number of nitrogens with one attached hydrogen (secondary N) is 1. The molecule has 1 aromatic carbocycles. The van der Waals surface area contributed by atoms with Crippen LogP contribution in [0, 0.1) is 5.82 Å².